The van der Waals surface area contributed by atoms with Crippen LogP contribution in [0.1, 0.15) is 17.8 Å². The highest BCUT2D eigenvalue weighted by molar-refractivity contribution is 5.77. The lowest BCUT2D eigenvalue weighted by Gasteiger charge is -2.30. The van der Waals surface area contributed by atoms with Gasteiger partial charge in [-0.05, 0) is 25.2 Å². The summed E-state index contributed by atoms with van der Waals surface area (Å²) >= 11 is 0. The zero-order chi connectivity index (χ0) is 17.2. The molecule has 8 heteroatoms. The first-order valence-corrected chi connectivity index (χ1v) is 8.09. The standard InChI is InChI=1S/C17H18N4O4/c1-21-7-6-18-9-13(21)17-19-15(25-20-17)10-23-12-4-2-11-3-5-16(22)24-14(11)8-12/h2-5,8,13,18H,6-7,9-10H2,1H3. The molecule has 130 valence electrons. The zero-order valence-corrected chi connectivity index (χ0v) is 13.8. The second-order valence-corrected chi connectivity index (χ2v) is 5.99. The highest BCUT2D eigenvalue weighted by Crippen LogP contribution is 2.21. The molecule has 1 fully saturated rings. The maximum Gasteiger partial charge on any atom is 0.336 e. The van der Waals surface area contributed by atoms with E-state index in [1.165, 1.54) is 6.07 Å². The largest absolute Gasteiger partial charge is 0.484 e. The number of likely N-dealkylation sites (N-methyl/N-ethyl adjacent to an activating group) is 1. The summed E-state index contributed by atoms with van der Waals surface area (Å²) in [5.74, 6) is 1.62. The van der Waals surface area contributed by atoms with E-state index >= 15 is 0 Å². The minimum Gasteiger partial charge on any atom is -0.484 e. The Morgan fingerprint density at radius 3 is 3.12 bits per heavy atom. The number of ether oxygens (including phenoxy) is 1. The molecule has 3 heterocycles. The Balaban J connectivity index is 1.45. The number of aromatic nitrogens is 2. The molecule has 1 atom stereocenters. The molecule has 2 aromatic heterocycles. The number of fused-ring (bicyclic) bond motifs is 1. The predicted molar refractivity (Wildman–Crippen MR) is 89.4 cm³/mol. The van der Waals surface area contributed by atoms with Gasteiger partial charge in [-0.3, -0.25) is 4.90 Å². The van der Waals surface area contributed by atoms with Gasteiger partial charge in [0.15, 0.2) is 12.4 Å². The van der Waals surface area contributed by atoms with Gasteiger partial charge in [-0.15, -0.1) is 0 Å². The molecular weight excluding hydrogens is 324 g/mol. The van der Waals surface area contributed by atoms with Crippen LogP contribution in [0, 0.1) is 0 Å². The van der Waals surface area contributed by atoms with Gasteiger partial charge in [-0.2, -0.15) is 4.98 Å². The van der Waals surface area contributed by atoms with Gasteiger partial charge in [-0.25, -0.2) is 4.79 Å². The normalized spacial score (nSPS) is 18.5. The van der Waals surface area contributed by atoms with Crippen molar-refractivity contribution in [1.29, 1.82) is 0 Å². The highest BCUT2D eigenvalue weighted by atomic mass is 16.5. The van der Waals surface area contributed by atoms with Crippen LogP contribution in [0.5, 0.6) is 5.75 Å². The van der Waals surface area contributed by atoms with Crippen LogP contribution in [0.3, 0.4) is 0 Å². The van der Waals surface area contributed by atoms with E-state index in [4.69, 9.17) is 13.7 Å². The number of hydrogen-bond donors (Lipinski definition) is 1. The number of nitrogens with one attached hydrogen (secondary N) is 1. The van der Waals surface area contributed by atoms with Crippen molar-refractivity contribution in [2.24, 2.45) is 0 Å². The van der Waals surface area contributed by atoms with Gasteiger partial charge in [0.1, 0.15) is 11.3 Å². The van der Waals surface area contributed by atoms with Gasteiger partial charge >= 0.3 is 5.63 Å². The van der Waals surface area contributed by atoms with Crippen molar-refractivity contribution in [3.63, 3.8) is 0 Å². The molecule has 0 amide bonds. The molecule has 0 radical (unpaired) electrons. The summed E-state index contributed by atoms with van der Waals surface area (Å²) in [4.78, 5) is 17.9. The first kappa shape index (κ1) is 15.8. The minimum absolute atomic E-state index is 0.0983. The Kier molecular flexibility index (Phi) is 4.21. The van der Waals surface area contributed by atoms with Crippen LogP contribution in [0.4, 0.5) is 0 Å². The Bertz CT molecular complexity index is 936. The zero-order valence-electron chi connectivity index (χ0n) is 13.8. The van der Waals surface area contributed by atoms with Crippen LogP contribution in [0.2, 0.25) is 0 Å². The molecule has 1 aliphatic rings. The van der Waals surface area contributed by atoms with E-state index in [1.807, 2.05) is 13.1 Å². The quantitative estimate of drug-likeness (QED) is 0.710. The number of hydrogen-bond acceptors (Lipinski definition) is 8. The highest BCUT2D eigenvalue weighted by Gasteiger charge is 2.25. The van der Waals surface area contributed by atoms with Gasteiger partial charge in [-0.1, -0.05) is 5.16 Å². The number of benzene rings is 1. The van der Waals surface area contributed by atoms with Gasteiger partial charge in [0.05, 0.1) is 6.04 Å². The molecule has 1 saturated heterocycles. The SMILES string of the molecule is CN1CCNCC1c1noc(COc2ccc3ccc(=O)oc3c2)n1. The number of piperazine rings is 1. The molecule has 8 nitrogen and oxygen atoms in total. The van der Waals surface area contributed by atoms with E-state index in [9.17, 15) is 4.79 Å². The van der Waals surface area contributed by atoms with Crippen molar-refractivity contribution in [1.82, 2.24) is 20.4 Å². The maximum absolute atomic E-state index is 11.3. The first-order valence-electron chi connectivity index (χ1n) is 8.09. The average Bonchev–Trinajstić information content (AvgIpc) is 3.08. The van der Waals surface area contributed by atoms with Crippen LogP contribution >= 0.6 is 0 Å². The number of nitrogens with zero attached hydrogens (tertiary/aromatic N) is 3. The van der Waals surface area contributed by atoms with E-state index in [1.54, 1.807) is 18.2 Å². The van der Waals surface area contributed by atoms with E-state index in [0.29, 0.717) is 23.0 Å². The molecular formula is C17H18N4O4. The Hall–Kier alpha value is -2.71. The maximum atomic E-state index is 11.3. The summed E-state index contributed by atoms with van der Waals surface area (Å²) in [6, 6.07) is 8.51. The molecule has 25 heavy (non-hydrogen) atoms. The van der Waals surface area contributed by atoms with Crippen molar-refractivity contribution in [2.75, 3.05) is 26.7 Å². The fraction of sp³-hybridized carbons (Fsp3) is 0.353. The fourth-order valence-corrected chi connectivity index (χ4v) is 2.83. The van der Waals surface area contributed by atoms with E-state index in [2.05, 4.69) is 20.4 Å². The lowest BCUT2D eigenvalue weighted by molar-refractivity contribution is 0.189. The van der Waals surface area contributed by atoms with Gasteiger partial charge in [0, 0.05) is 37.2 Å². The first-order chi connectivity index (χ1) is 12.2. The third-order valence-electron chi connectivity index (χ3n) is 4.25. The summed E-state index contributed by atoms with van der Waals surface area (Å²) in [5.41, 5.74) is 0.0857. The van der Waals surface area contributed by atoms with Crippen LogP contribution < -0.4 is 15.7 Å². The summed E-state index contributed by atoms with van der Waals surface area (Å²) in [6.07, 6.45) is 0. The van der Waals surface area contributed by atoms with Crippen LogP contribution in [0.15, 0.2) is 44.1 Å². The van der Waals surface area contributed by atoms with Crippen LogP contribution in [0.25, 0.3) is 11.0 Å². The van der Waals surface area contributed by atoms with E-state index < -0.39 is 5.63 Å². The smallest absolute Gasteiger partial charge is 0.336 e. The third-order valence-corrected chi connectivity index (χ3v) is 4.25. The monoisotopic (exact) mass is 342 g/mol. The molecule has 1 aromatic carbocycles. The van der Waals surface area contributed by atoms with Crippen molar-refractivity contribution >= 4 is 11.0 Å². The van der Waals surface area contributed by atoms with Crippen LogP contribution in [-0.4, -0.2) is 41.7 Å². The van der Waals surface area contributed by atoms with E-state index in [0.717, 1.165) is 25.0 Å². The lowest BCUT2D eigenvalue weighted by atomic mass is 10.2. The molecule has 0 bridgehead atoms. The second kappa shape index (κ2) is 6.66. The van der Waals surface area contributed by atoms with E-state index in [-0.39, 0.29) is 12.6 Å². The molecule has 0 spiro atoms. The fourth-order valence-electron chi connectivity index (χ4n) is 2.83. The Labute approximate surface area is 143 Å². The van der Waals surface area contributed by atoms with Gasteiger partial charge in [0.25, 0.3) is 5.89 Å². The number of rotatable bonds is 4. The van der Waals surface area contributed by atoms with Crippen molar-refractivity contribution in [3.8, 4) is 5.75 Å². The molecule has 0 aliphatic carbocycles. The summed E-state index contributed by atoms with van der Waals surface area (Å²) in [7, 11) is 2.04. The van der Waals surface area contributed by atoms with Gasteiger partial charge in [0.2, 0.25) is 0 Å². The Morgan fingerprint density at radius 2 is 2.24 bits per heavy atom. The molecule has 1 unspecified atom stereocenters. The van der Waals surface area contributed by atoms with Crippen molar-refractivity contribution < 1.29 is 13.7 Å². The molecule has 0 saturated carbocycles. The Morgan fingerprint density at radius 1 is 1.36 bits per heavy atom. The predicted octanol–water partition coefficient (Wildman–Crippen LogP) is 1.33. The molecule has 4 rings (SSSR count). The van der Waals surface area contributed by atoms with Gasteiger partial charge < -0.3 is 19.0 Å². The third kappa shape index (κ3) is 3.40. The summed E-state index contributed by atoms with van der Waals surface area (Å²) in [6.45, 7) is 2.84. The summed E-state index contributed by atoms with van der Waals surface area (Å²) < 4.78 is 16.1. The molecule has 1 aliphatic heterocycles. The van der Waals surface area contributed by atoms with Crippen LogP contribution in [-0.2, 0) is 6.61 Å². The molecule has 3 aromatic rings. The second-order valence-electron chi connectivity index (χ2n) is 5.99. The molecule has 1 N–H and O–H groups in total. The van der Waals surface area contributed by atoms with Crippen molar-refractivity contribution in [2.45, 2.75) is 12.6 Å². The average molecular weight is 342 g/mol. The van der Waals surface area contributed by atoms with Crippen molar-refractivity contribution in [3.05, 3.63) is 52.5 Å². The summed E-state index contributed by atoms with van der Waals surface area (Å²) in [5, 5.41) is 8.21. The minimum atomic E-state index is -0.392. The topological polar surface area (TPSA) is 93.6 Å². The lowest BCUT2D eigenvalue weighted by Crippen LogP contribution is -2.44.